The third-order valence-electron chi connectivity index (χ3n) is 6.81. The van der Waals surface area contributed by atoms with Crippen LogP contribution in [-0.4, -0.2) is 74.8 Å². The van der Waals surface area contributed by atoms with E-state index in [0.29, 0.717) is 54.3 Å². The van der Waals surface area contributed by atoms with E-state index in [4.69, 9.17) is 14.2 Å². The minimum Gasteiger partial charge on any atom is -0.493 e. The van der Waals surface area contributed by atoms with Crippen LogP contribution in [0.5, 0.6) is 11.5 Å². The summed E-state index contributed by atoms with van der Waals surface area (Å²) in [7, 11) is 2.98. The van der Waals surface area contributed by atoms with Crippen molar-refractivity contribution in [3.05, 3.63) is 47.7 Å². The normalized spacial score (nSPS) is 15.2. The number of fused-ring (bicyclic) bond motifs is 1. The first-order valence-corrected chi connectivity index (χ1v) is 12.5. The first kappa shape index (κ1) is 28.1. The number of aromatic nitrogens is 1. The number of H-pyrrole nitrogens is 1. The predicted octanol–water partition coefficient (Wildman–Crippen LogP) is 4.53. The predicted molar refractivity (Wildman–Crippen MR) is 141 cm³/mol. The zero-order valence-electron chi connectivity index (χ0n) is 22.1. The summed E-state index contributed by atoms with van der Waals surface area (Å²) in [6, 6.07) is 8.00. The van der Waals surface area contributed by atoms with Crippen molar-refractivity contribution < 1.29 is 37.0 Å². The average Bonchev–Trinajstić information content (AvgIpc) is 3.28. The largest absolute Gasteiger partial charge is 0.493 e. The Labute approximate surface area is 223 Å². The molecule has 39 heavy (non-hydrogen) atoms. The Morgan fingerprint density at radius 2 is 1.72 bits per heavy atom. The number of methoxy groups -OCH3 is 2. The minimum absolute atomic E-state index is 0.0945. The van der Waals surface area contributed by atoms with E-state index >= 15 is 0 Å². The summed E-state index contributed by atoms with van der Waals surface area (Å²) in [4.78, 5) is 32.9. The molecule has 2 N–H and O–H groups in total. The second kappa shape index (κ2) is 11.4. The third-order valence-corrected chi connectivity index (χ3v) is 6.81. The van der Waals surface area contributed by atoms with E-state index < -0.39 is 23.8 Å². The molecule has 12 heteroatoms. The van der Waals surface area contributed by atoms with Crippen LogP contribution in [0.3, 0.4) is 0 Å². The van der Waals surface area contributed by atoms with E-state index in [1.807, 2.05) is 9.80 Å². The summed E-state index contributed by atoms with van der Waals surface area (Å²) in [5.74, 6) is -0.0896. The lowest BCUT2D eigenvalue weighted by atomic mass is 10.1. The number of nitrogens with one attached hydrogen (secondary N) is 2. The van der Waals surface area contributed by atoms with Crippen LogP contribution in [0, 0.1) is 0 Å². The SMILES string of the molecule is CCOC(=O)c1[nH]c2cc(OC)c(OC)cc2c1NC(=O)[C@@H](C)N1CCN(c2cccc(C(F)(F)F)c2)CC1. The standard InChI is InChI=1S/C27H31F3N4O5/c1-5-39-26(36)24-23(19-14-21(37-3)22(38-4)15-20(19)31-24)32-25(35)16(2)33-9-11-34(12-10-33)18-8-6-7-17(13-18)27(28,29)30/h6-8,13-16,31H,5,9-12H2,1-4H3,(H,32,35)/t16-/m1/s1. The summed E-state index contributed by atoms with van der Waals surface area (Å²) in [6.07, 6.45) is -4.41. The molecule has 2 heterocycles. The molecular formula is C27H31F3N4O5. The molecule has 2 aromatic carbocycles. The number of hydrogen-bond donors (Lipinski definition) is 2. The lowest BCUT2D eigenvalue weighted by Gasteiger charge is -2.38. The van der Waals surface area contributed by atoms with Crippen molar-refractivity contribution in [1.29, 1.82) is 0 Å². The maximum atomic E-state index is 13.4. The summed E-state index contributed by atoms with van der Waals surface area (Å²) < 4.78 is 55.3. The van der Waals surface area contributed by atoms with Gasteiger partial charge in [0.2, 0.25) is 5.91 Å². The molecule has 1 saturated heterocycles. The summed E-state index contributed by atoms with van der Waals surface area (Å²) in [5, 5.41) is 3.42. The summed E-state index contributed by atoms with van der Waals surface area (Å²) in [6.45, 7) is 5.43. The number of alkyl halides is 3. The number of carbonyl (C=O) groups excluding carboxylic acids is 2. The summed E-state index contributed by atoms with van der Waals surface area (Å²) in [5.41, 5.74) is 0.707. The molecular weight excluding hydrogens is 517 g/mol. The summed E-state index contributed by atoms with van der Waals surface area (Å²) >= 11 is 0. The Bertz CT molecular complexity index is 1350. The molecule has 3 aromatic rings. The second-order valence-corrected chi connectivity index (χ2v) is 9.08. The van der Waals surface area contributed by atoms with Crippen LogP contribution in [0.4, 0.5) is 24.5 Å². The van der Waals surface area contributed by atoms with Gasteiger partial charge in [0.05, 0.1) is 43.6 Å². The van der Waals surface area contributed by atoms with Crippen LogP contribution in [0.2, 0.25) is 0 Å². The number of nitrogens with zero attached hydrogens (tertiary/aromatic N) is 2. The molecule has 0 bridgehead atoms. The van der Waals surface area contributed by atoms with E-state index in [0.717, 1.165) is 12.1 Å². The average molecular weight is 549 g/mol. The maximum absolute atomic E-state index is 13.4. The maximum Gasteiger partial charge on any atom is 0.416 e. The van der Waals surface area contributed by atoms with Crippen LogP contribution in [-0.2, 0) is 15.7 Å². The molecule has 1 fully saturated rings. The second-order valence-electron chi connectivity index (χ2n) is 9.08. The number of aromatic amines is 1. The van der Waals surface area contributed by atoms with Gasteiger partial charge in [0.25, 0.3) is 0 Å². The number of benzene rings is 2. The molecule has 210 valence electrons. The Kier molecular flexibility index (Phi) is 8.24. The van der Waals surface area contributed by atoms with Gasteiger partial charge >= 0.3 is 12.1 Å². The molecule has 4 rings (SSSR count). The highest BCUT2D eigenvalue weighted by Gasteiger charge is 2.32. The molecule has 9 nitrogen and oxygen atoms in total. The number of carbonyl (C=O) groups is 2. The van der Waals surface area contributed by atoms with E-state index in [2.05, 4.69) is 10.3 Å². The number of esters is 1. The lowest BCUT2D eigenvalue weighted by Crippen LogP contribution is -2.52. The third kappa shape index (κ3) is 5.90. The monoisotopic (exact) mass is 548 g/mol. The Balaban J connectivity index is 1.51. The number of amides is 1. The fourth-order valence-electron chi connectivity index (χ4n) is 4.65. The molecule has 0 spiro atoms. The molecule has 1 aromatic heterocycles. The zero-order valence-corrected chi connectivity index (χ0v) is 22.1. The molecule has 0 saturated carbocycles. The van der Waals surface area contributed by atoms with Gasteiger partial charge < -0.3 is 29.4 Å². The quantitative estimate of drug-likeness (QED) is 0.400. The Morgan fingerprint density at radius 1 is 1.05 bits per heavy atom. The number of halogens is 3. The first-order chi connectivity index (χ1) is 18.6. The molecule has 1 atom stereocenters. The number of ether oxygens (including phenoxy) is 3. The van der Waals surface area contributed by atoms with Gasteiger partial charge in [0.15, 0.2) is 11.5 Å². The van der Waals surface area contributed by atoms with E-state index in [9.17, 15) is 22.8 Å². The van der Waals surface area contributed by atoms with Crippen molar-refractivity contribution in [2.24, 2.45) is 0 Å². The van der Waals surface area contributed by atoms with Crippen LogP contribution >= 0.6 is 0 Å². The zero-order chi connectivity index (χ0) is 28.3. The van der Waals surface area contributed by atoms with E-state index in [1.54, 1.807) is 32.0 Å². The van der Waals surface area contributed by atoms with Crippen molar-refractivity contribution in [1.82, 2.24) is 9.88 Å². The van der Waals surface area contributed by atoms with E-state index in [-0.39, 0.29) is 23.9 Å². The minimum atomic E-state index is -4.41. The van der Waals surface area contributed by atoms with Crippen molar-refractivity contribution >= 4 is 34.2 Å². The fourth-order valence-corrected chi connectivity index (χ4v) is 4.65. The van der Waals surface area contributed by atoms with E-state index in [1.165, 1.54) is 20.3 Å². The van der Waals surface area contributed by atoms with Gasteiger partial charge in [0.1, 0.15) is 5.69 Å². The molecule has 1 amide bonds. The van der Waals surface area contributed by atoms with Crippen molar-refractivity contribution in [2.75, 3.05) is 57.2 Å². The number of hydrogen-bond acceptors (Lipinski definition) is 7. The highest BCUT2D eigenvalue weighted by molar-refractivity contribution is 6.12. The van der Waals surface area contributed by atoms with Crippen LogP contribution in [0.25, 0.3) is 10.9 Å². The molecule has 0 unspecified atom stereocenters. The Morgan fingerprint density at radius 3 is 2.33 bits per heavy atom. The number of rotatable bonds is 8. The molecule has 1 aliphatic heterocycles. The first-order valence-electron chi connectivity index (χ1n) is 12.5. The van der Waals surface area contributed by atoms with Gasteiger partial charge in [0, 0.05) is 43.3 Å². The van der Waals surface area contributed by atoms with Crippen LogP contribution < -0.4 is 19.7 Å². The van der Waals surface area contributed by atoms with Gasteiger partial charge in [-0.1, -0.05) is 6.07 Å². The van der Waals surface area contributed by atoms with Gasteiger partial charge in [-0.05, 0) is 38.1 Å². The Hall–Kier alpha value is -3.93. The number of anilines is 2. The van der Waals surface area contributed by atoms with Crippen molar-refractivity contribution in [3.63, 3.8) is 0 Å². The van der Waals surface area contributed by atoms with Crippen LogP contribution in [0.15, 0.2) is 36.4 Å². The van der Waals surface area contributed by atoms with Gasteiger partial charge in [-0.3, -0.25) is 9.69 Å². The topological polar surface area (TPSA) is 96.1 Å². The van der Waals surface area contributed by atoms with Crippen molar-refractivity contribution in [2.45, 2.75) is 26.1 Å². The van der Waals surface area contributed by atoms with Gasteiger partial charge in [-0.15, -0.1) is 0 Å². The molecule has 0 radical (unpaired) electrons. The highest BCUT2D eigenvalue weighted by atomic mass is 19.4. The molecule has 1 aliphatic rings. The smallest absolute Gasteiger partial charge is 0.416 e. The highest BCUT2D eigenvalue weighted by Crippen LogP contribution is 2.38. The molecule has 0 aliphatic carbocycles. The fraction of sp³-hybridized carbons (Fsp3) is 0.407. The van der Waals surface area contributed by atoms with Gasteiger partial charge in [-0.25, -0.2) is 4.79 Å². The van der Waals surface area contributed by atoms with Gasteiger partial charge in [-0.2, -0.15) is 13.2 Å². The van der Waals surface area contributed by atoms with Crippen molar-refractivity contribution in [3.8, 4) is 11.5 Å². The lowest BCUT2D eigenvalue weighted by molar-refractivity contribution is -0.137. The van der Waals surface area contributed by atoms with Crippen LogP contribution in [0.1, 0.15) is 29.9 Å². The number of piperazine rings is 1.